The Morgan fingerprint density at radius 2 is 2.00 bits per heavy atom. The van der Waals surface area contributed by atoms with Crippen molar-refractivity contribution in [2.24, 2.45) is 0 Å². The van der Waals surface area contributed by atoms with Crippen molar-refractivity contribution in [3.05, 3.63) is 0 Å². The maximum absolute atomic E-state index is 11.4. The highest BCUT2D eigenvalue weighted by molar-refractivity contribution is 5.76. The van der Waals surface area contributed by atoms with Crippen LogP contribution in [0, 0.1) is 0 Å². The fraction of sp³-hybridized carbons (Fsp3) is 0.923. The Balaban J connectivity index is 1.46. The van der Waals surface area contributed by atoms with Crippen LogP contribution in [0.3, 0.4) is 0 Å². The van der Waals surface area contributed by atoms with Gasteiger partial charge in [0.2, 0.25) is 5.91 Å². The number of nitrogens with one attached hydrogen (secondary N) is 2. The topological polar surface area (TPSA) is 61.4 Å². The smallest absolute Gasteiger partial charge is 0.220 e. The summed E-state index contributed by atoms with van der Waals surface area (Å²) in [4.78, 5) is 11.4. The predicted molar refractivity (Wildman–Crippen MR) is 66.7 cm³/mol. The van der Waals surface area contributed by atoms with Crippen LogP contribution in [-0.2, 0) is 4.79 Å². The third-order valence-corrected chi connectivity index (χ3v) is 3.69. The Morgan fingerprint density at radius 1 is 1.29 bits per heavy atom. The molecule has 4 nitrogen and oxygen atoms in total. The SMILES string of the molecule is O=C(CCCNCC1(O)CCCC1)NC1CC1. The molecule has 0 atom stereocenters. The standard InChI is InChI=1S/C13H24N2O2/c16-12(15-11-5-6-11)4-3-9-14-10-13(17)7-1-2-8-13/h11,14,17H,1-10H2,(H,15,16). The minimum Gasteiger partial charge on any atom is -0.389 e. The summed E-state index contributed by atoms with van der Waals surface area (Å²) in [7, 11) is 0. The van der Waals surface area contributed by atoms with Crippen molar-refractivity contribution in [2.75, 3.05) is 13.1 Å². The first kappa shape index (κ1) is 12.8. The molecule has 0 heterocycles. The molecular weight excluding hydrogens is 216 g/mol. The van der Waals surface area contributed by atoms with E-state index in [1.165, 1.54) is 0 Å². The molecule has 0 saturated heterocycles. The van der Waals surface area contributed by atoms with E-state index >= 15 is 0 Å². The zero-order valence-corrected chi connectivity index (χ0v) is 10.5. The van der Waals surface area contributed by atoms with Crippen LogP contribution in [0.1, 0.15) is 51.4 Å². The lowest BCUT2D eigenvalue weighted by Crippen LogP contribution is -2.38. The molecule has 3 N–H and O–H groups in total. The lowest BCUT2D eigenvalue weighted by atomic mass is 10.0. The third kappa shape index (κ3) is 4.64. The van der Waals surface area contributed by atoms with Gasteiger partial charge in [0.1, 0.15) is 0 Å². The minimum atomic E-state index is -0.476. The molecule has 0 aromatic heterocycles. The molecule has 98 valence electrons. The van der Waals surface area contributed by atoms with Crippen molar-refractivity contribution in [2.45, 2.75) is 63.0 Å². The molecule has 0 bridgehead atoms. The fourth-order valence-corrected chi connectivity index (χ4v) is 2.43. The number of amides is 1. The van der Waals surface area contributed by atoms with E-state index < -0.39 is 5.60 Å². The summed E-state index contributed by atoms with van der Waals surface area (Å²) in [6, 6.07) is 0.467. The number of hydrogen-bond acceptors (Lipinski definition) is 3. The summed E-state index contributed by atoms with van der Waals surface area (Å²) in [5.74, 6) is 0.175. The zero-order chi connectivity index (χ0) is 12.1. The minimum absolute atomic E-state index is 0.175. The van der Waals surface area contributed by atoms with E-state index in [0.717, 1.165) is 51.5 Å². The summed E-state index contributed by atoms with van der Waals surface area (Å²) in [6.45, 7) is 1.50. The average molecular weight is 240 g/mol. The van der Waals surface area contributed by atoms with E-state index in [1.807, 2.05) is 0 Å². The van der Waals surface area contributed by atoms with Crippen molar-refractivity contribution in [3.8, 4) is 0 Å². The Morgan fingerprint density at radius 3 is 2.65 bits per heavy atom. The van der Waals surface area contributed by atoms with Gasteiger partial charge in [0.05, 0.1) is 5.60 Å². The molecular formula is C13H24N2O2. The van der Waals surface area contributed by atoms with Gasteiger partial charge >= 0.3 is 0 Å². The molecule has 0 spiro atoms. The van der Waals surface area contributed by atoms with Crippen LogP contribution in [0.2, 0.25) is 0 Å². The molecule has 0 radical (unpaired) electrons. The second-order valence-corrected chi connectivity index (χ2v) is 5.55. The predicted octanol–water partition coefficient (Wildman–Crippen LogP) is 0.940. The lowest BCUT2D eigenvalue weighted by molar-refractivity contribution is -0.121. The van der Waals surface area contributed by atoms with Gasteiger partial charge in [0, 0.05) is 19.0 Å². The molecule has 2 aliphatic carbocycles. The highest BCUT2D eigenvalue weighted by Gasteiger charge is 2.30. The molecule has 2 aliphatic rings. The van der Waals surface area contributed by atoms with E-state index in [0.29, 0.717) is 19.0 Å². The van der Waals surface area contributed by atoms with Gasteiger partial charge in [-0.25, -0.2) is 0 Å². The van der Waals surface area contributed by atoms with Gasteiger partial charge in [-0.3, -0.25) is 4.79 Å². The number of carbonyl (C=O) groups excluding carboxylic acids is 1. The van der Waals surface area contributed by atoms with Gasteiger partial charge < -0.3 is 15.7 Å². The van der Waals surface area contributed by atoms with Gasteiger partial charge in [-0.15, -0.1) is 0 Å². The Labute approximate surface area is 103 Å². The quantitative estimate of drug-likeness (QED) is 0.580. The largest absolute Gasteiger partial charge is 0.389 e. The second-order valence-electron chi connectivity index (χ2n) is 5.55. The van der Waals surface area contributed by atoms with Crippen molar-refractivity contribution in [1.82, 2.24) is 10.6 Å². The maximum Gasteiger partial charge on any atom is 0.220 e. The summed E-state index contributed by atoms with van der Waals surface area (Å²) >= 11 is 0. The van der Waals surface area contributed by atoms with E-state index in [2.05, 4.69) is 10.6 Å². The van der Waals surface area contributed by atoms with Crippen LogP contribution in [0.4, 0.5) is 0 Å². The molecule has 0 unspecified atom stereocenters. The normalized spacial score (nSPS) is 22.6. The van der Waals surface area contributed by atoms with Crippen molar-refractivity contribution in [1.29, 1.82) is 0 Å². The molecule has 2 saturated carbocycles. The Hall–Kier alpha value is -0.610. The first-order valence-electron chi connectivity index (χ1n) is 6.90. The molecule has 0 aromatic rings. The van der Waals surface area contributed by atoms with Crippen molar-refractivity contribution in [3.63, 3.8) is 0 Å². The molecule has 17 heavy (non-hydrogen) atoms. The number of rotatable bonds is 7. The lowest BCUT2D eigenvalue weighted by Gasteiger charge is -2.22. The zero-order valence-electron chi connectivity index (χ0n) is 10.5. The van der Waals surface area contributed by atoms with Crippen LogP contribution >= 0.6 is 0 Å². The van der Waals surface area contributed by atoms with Crippen LogP contribution in [-0.4, -0.2) is 35.7 Å². The molecule has 1 amide bonds. The first-order chi connectivity index (χ1) is 8.18. The van der Waals surface area contributed by atoms with Crippen molar-refractivity contribution < 1.29 is 9.90 Å². The third-order valence-electron chi connectivity index (χ3n) is 3.69. The number of hydrogen-bond donors (Lipinski definition) is 3. The molecule has 2 fully saturated rings. The molecule has 0 aromatic carbocycles. The van der Waals surface area contributed by atoms with Gasteiger partial charge in [-0.2, -0.15) is 0 Å². The molecule has 4 heteroatoms. The van der Waals surface area contributed by atoms with Gasteiger partial charge in [-0.05, 0) is 38.6 Å². The summed E-state index contributed by atoms with van der Waals surface area (Å²) in [5, 5.41) is 16.3. The average Bonchev–Trinajstić information content (AvgIpc) is 2.99. The van der Waals surface area contributed by atoms with Crippen molar-refractivity contribution >= 4 is 5.91 Å². The Bertz CT molecular complexity index is 258. The van der Waals surface area contributed by atoms with Crippen LogP contribution in [0.25, 0.3) is 0 Å². The van der Waals surface area contributed by atoms with E-state index in [-0.39, 0.29) is 5.91 Å². The van der Waals surface area contributed by atoms with Gasteiger partial charge in [-0.1, -0.05) is 12.8 Å². The maximum atomic E-state index is 11.4. The van der Waals surface area contributed by atoms with Crippen LogP contribution in [0.15, 0.2) is 0 Å². The van der Waals surface area contributed by atoms with E-state index in [4.69, 9.17) is 0 Å². The summed E-state index contributed by atoms with van der Waals surface area (Å²) < 4.78 is 0. The van der Waals surface area contributed by atoms with E-state index in [1.54, 1.807) is 0 Å². The number of carbonyl (C=O) groups is 1. The summed E-state index contributed by atoms with van der Waals surface area (Å²) in [6.07, 6.45) is 7.87. The van der Waals surface area contributed by atoms with E-state index in [9.17, 15) is 9.90 Å². The molecule has 0 aliphatic heterocycles. The van der Waals surface area contributed by atoms with Gasteiger partial charge in [0.25, 0.3) is 0 Å². The number of aliphatic hydroxyl groups is 1. The first-order valence-corrected chi connectivity index (χ1v) is 6.90. The molecule has 2 rings (SSSR count). The monoisotopic (exact) mass is 240 g/mol. The second kappa shape index (κ2) is 5.83. The highest BCUT2D eigenvalue weighted by Crippen LogP contribution is 2.28. The fourth-order valence-electron chi connectivity index (χ4n) is 2.43. The highest BCUT2D eigenvalue weighted by atomic mass is 16.3. The summed E-state index contributed by atoms with van der Waals surface area (Å²) in [5.41, 5.74) is -0.476. The van der Waals surface area contributed by atoms with Crippen LogP contribution < -0.4 is 10.6 Å². The van der Waals surface area contributed by atoms with Crippen LogP contribution in [0.5, 0.6) is 0 Å². The Kier molecular flexibility index (Phi) is 4.40. The van der Waals surface area contributed by atoms with Gasteiger partial charge in [0.15, 0.2) is 0 Å².